The average molecular weight is 316 g/mol. The summed E-state index contributed by atoms with van der Waals surface area (Å²) in [6.45, 7) is 7.02. The van der Waals surface area contributed by atoms with Gasteiger partial charge in [0, 0.05) is 0 Å². The molecule has 0 bridgehead atoms. The van der Waals surface area contributed by atoms with Crippen LogP contribution >= 0.6 is 0 Å². The molecule has 0 aliphatic carbocycles. The van der Waals surface area contributed by atoms with E-state index >= 15 is 0 Å². The maximum atomic E-state index is 11.3. The maximum absolute atomic E-state index is 11.3. The van der Waals surface area contributed by atoms with Crippen LogP contribution < -0.4 is 0 Å². The van der Waals surface area contributed by atoms with E-state index in [-0.39, 0.29) is 11.5 Å². The van der Waals surface area contributed by atoms with E-state index in [0.717, 1.165) is 6.42 Å². The molecule has 0 N–H and O–H groups in total. The van der Waals surface area contributed by atoms with Crippen molar-refractivity contribution >= 4 is 10.1 Å². The number of allylic oxidation sites excluding steroid dienone is 1. The fraction of sp³-hybridized carbons (Fsp3) is 0.111. The molecule has 4 heteroatoms. The van der Waals surface area contributed by atoms with Gasteiger partial charge >= 0.3 is 0 Å². The number of hydrogen-bond acceptors (Lipinski definition) is 3. The van der Waals surface area contributed by atoms with Gasteiger partial charge in [0.15, 0.2) is 0 Å². The summed E-state index contributed by atoms with van der Waals surface area (Å²) in [5.41, 5.74) is 1.33. The molecule has 0 aliphatic heterocycles. The van der Waals surface area contributed by atoms with Gasteiger partial charge in [-0.2, -0.15) is 8.42 Å². The smallest absolute Gasteiger partial charge is 0.262 e. The molecule has 0 spiro atoms. The molecular weight excluding hydrogens is 296 g/mol. The molecule has 0 fully saturated rings. The molecular formula is C18H20O3S. The topological polar surface area (TPSA) is 43.4 Å². The zero-order valence-electron chi connectivity index (χ0n) is 12.4. The quantitative estimate of drug-likeness (QED) is 0.598. The van der Waals surface area contributed by atoms with Crippen molar-refractivity contribution in [3.05, 3.63) is 91.5 Å². The summed E-state index contributed by atoms with van der Waals surface area (Å²) in [4.78, 5) is 0.164. The van der Waals surface area contributed by atoms with Crippen molar-refractivity contribution in [2.45, 2.75) is 11.3 Å². The Balaban J connectivity index is 0.000000235. The van der Waals surface area contributed by atoms with E-state index in [9.17, 15) is 8.42 Å². The van der Waals surface area contributed by atoms with E-state index in [1.807, 2.05) is 24.3 Å². The van der Waals surface area contributed by atoms with Gasteiger partial charge in [-0.1, -0.05) is 60.7 Å². The van der Waals surface area contributed by atoms with Crippen LogP contribution in [0, 0.1) is 0 Å². The van der Waals surface area contributed by atoms with Gasteiger partial charge in [0.05, 0.1) is 11.5 Å². The van der Waals surface area contributed by atoms with Crippen molar-refractivity contribution in [3.8, 4) is 0 Å². The van der Waals surface area contributed by atoms with Crippen LogP contribution in [-0.2, 0) is 20.7 Å². The monoisotopic (exact) mass is 316 g/mol. The zero-order chi connectivity index (χ0) is 16.3. The molecule has 0 atom stereocenters. The maximum Gasteiger partial charge on any atom is 0.297 e. The lowest BCUT2D eigenvalue weighted by Crippen LogP contribution is -2.05. The second kappa shape index (κ2) is 9.71. The Morgan fingerprint density at radius 3 is 1.91 bits per heavy atom. The van der Waals surface area contributed by atoms with E-state index in [1.165, 1.54) is 23.8 Å². The Bertz CT molecular complexity index is 662. The third-order valence-electron chi connectivity index (χ3n) is 2.60. The van der Waals surface area contributed by atoms with Crippen LogP contribution in [0.2, 0.25) is 0 Å². The first-order chi connectivity index (χ1) is 10.6. The highest BCUT2D eigenvalue weighted by Gasteiger charge is 2.12. The van der Waals surface area contributed by atoms with Gasteiger partial charge in [-0.05, 0) is 24.1 Å². The third kappa shape index (κ3) is 6.52. The Hall–Kier alpha value is -2.17. The van der Waals surface area contributed by atoms with E-state index in [0.29, 0.717) is 0 Å². The van der Waals surface area contributed by atoms with Crippen LogP contribution in [0.5, 0.6) is 0 Å². The molecule has 0 saturated heterocycles. The molecule has 0 radical (unpaired) electrons. The molecule has 0 amide bonds. The lowest BCUT2D eigenvalue weighted by atomic mass is 10.2. The molecule has 2 rings (SSSR count). The summed E-state index contributed by atoms with van der Waals surface area (Å²) in [7, 11) is -3.59. The van der Waals surface area contributed by atoms with Crippen molar-refractivity contribution < 1.29 is 12.6 Å². The Kier molecular flexibility index (Phi) is 7.89. The normalized spacial score (nSPS) is 10.2. The number of benzene rings is 2. The predicted molar refractivity (Wildman–Crippen MR) is 90.1 cm³/mol. The molecule has 2 aromatic carbocycles. The Morgan fingerprint density at radius 1 is 0.864 bits per heavy atom. The minimum absolute atomic E-state index is 0.00275. The minimum atomic E-state index is -3.59. The molecule has 22 heavy (non-hydrogen) atoms. The van der Waals surface area contributed by atoms with E-state index in [1.54, 1.807) is 18.2 Å². The zero-order valence-corrected chi connectivity index (χ0v) is 13.2. The second-order valence-electron chi connectivity index (χ2n) is 4.32. The summed E-state index contributed by atoms with van der Waals surface area (Å²) >= 11 is 0. The third-order valence-corrected chi connectivity index (χ3v) is 3.89. The van der Waals surface area contributed by atoms with Gasteiger partial charge in [-0.25, -0.2) is 0 Å². The van der Waals surface area contributed by atoms with E-state index in [2.05, 4.69) is 29.5 Å². The summed E-state index contributed by atoms with van der Waals surface area (Å²) < 4.78 is 27.3. The molecule has 0 heterocycles. The summed E-state index contributed by atoms with van der Waals surface area (Å²) in [6, 6.07) is 18.3. The van der Waals surface area contributed by atoms with Crippen molar-refractivity contribution in [2.24, 2.45) is 0 Å². The fourth-order valence-electron chi connectivity index (χ4n) is 1.57. The van der Waals surface area contributed by atoms with Crippen molar-refractivity contribution in [1.82, 2.24) is 0 Å². The van der Waals surface area contributed by atoms with E-state index in [4.69, 9.17) is 0 Å². The van der Waals surface area contributed by atoms with Gasteiger partial charge in [0.25, 0.3) is 10.1 Å². The van der Waals surface area contributed by atoms with Gasteiger partial charge in [-0.3, -0.25) is 4.18 Å². The van der Waals surface area contributed by atoms with Gasteiger partial charge in [0.2, 0.25) is 0 Å². The largest absolute Gasteiger partial charge is 0.297 e. The van der Waals surface area contributed by atoms with Gasteiger partial charge in [0.1, 0.15) is 0 Å². The fourth-order valence-corrected chi connectivity index (χ4v) is 2.48. The Morgan fingerprint density at radius 2 is 1.41 bits per heavy atom. The summed E-state index contributed by atoms with van der Waals surface area (Å²) in [6.07, 6.45) is 4.27. The highest BCUT2D eigenvalue weighted by atomic mass is 32.2. The van der Waals surface area contributed by atoms with Crippen LogP contribution in [-0.4, -0.2) is 15.0 Å². The molecule has 0 unspecified atom stereocenters. The highest BCUT2D eigenvalue weighted by Crippen LogP contribution is 2.10. The number of hydrogen-bond donors (Lipinski definition) is 0. The molecule has 116 valence electrons. The average Bonchev–Trinajstić information content (AvgIpc) is 2.56. The summed E-state index contributed by atoms with van der Waals surface area (Å²) in [5.74, 6) is 0. The van der Waals surface area contributed by atoms with Crippen molar-refractivity contribution in [1.29, 1.82) is 0 Å². The standard InChI is InChI=1S/C9H10O3S.C9H10/c1-2-8-12-13(10,11)9-6-4-3-5-7-9;1-2-6-9-7-4-3-5-8-9/h2-7H,1,8H2;2-5,7-8H,1,6H2. The predicted octanol–water partition coefficient (Wildman–Crippen LogP) is 3.99. The van der Waals surface area contributed by atoms with Crippen LogP contribution in [0.25, 0.3) is 0 Å². The first kappa shape index (κ1) is 17.9. The Labute approximate surface area is 132 Å². The van der Waals surface area contributed by atoms with Gasteiger partial charge in [-0.15, -0.1) is 13.2 Å². The molecule has 0 aromatic heterocycles. The molecule has 3 nitrogen and oxygen atoms in total. The van der Waals surface area contributed by atoms with E-state index < -0.39 is 10.1 Å². The van der Waals surface area contributed by atoms with Crippen LogP contribution in [0.4, 0.5) is 0 Å². The number of rotatable bonds is 6. The minimum Gasteiger partial charge on any atom is -0.262 e. The van der Waals surface area contributed by atoms with Crippen molar-refractivity contribution in [2.75, 3.05) is 6.61 Å². The SMILES string of the molecule is C=CCOS(=O)(=O)c1ccccc1.C=CCc1ccccc1. The first-order valence-corrected chi connectivity index (χ1v) is 8.21. The van der Waals surface area contributed by atoms with Crippen molar-refractivity contribution in [3.63, 3.8) is 0 Å². The van der Waals surface area contributed by atoms with Gasteiger partial charge < -0.3 is 0 Å². The lowest BCUT2D eigenvalue weighted by Gasteiger charge is -2.01. The summed E-state index contributed by atoms with van der Waals surface area (Å²) in [5, 5.41) is 0. The molecule has 2 aromatic rings. The lowest BCUT2D eigenvalue weighted by molar-refractivity contribution is 0.357. The molecule has 0 aliphatic rings. The first-order valence-electron chi connectivity index (χ1n) is 6.80. The van der Waals surface area contributed by atoms with Crippen LogP contribution in [0.3, 0.4) is 0 Å². The van der Waals surface area contributed by atoms with Crippen LogP contribution in [0.15, 0.2) is 90.9 Å². The molecule has 0 saturated carbocycles. The van der Waals surface area contributed by atoms with Crippen LogP contribution in [0.1, 0.15) is 5.56 Å². The second-order valence-corrected chi connectivity index (χ2v) is 5.93. The highest BCUT2D eigenvalue weighted by molar-refractivity contribution is 7.86.